The van der Waals surface area contributed by atoms with Crippen LogP contribution < -0.4 is 10.2 Å². The summed E-state index contributed by atoms with van der Waals surface area (Å²) in [6, 6.07) is 15.5. The first-order valence-corrected chi connectivity index (χ1v) is 12.0. The van der Waals surface area contributed by atoms with Gasteiger partial charge in [0.25, 0.3) is 5.91 Å². The maximum Gasteiger partial charge on any atom is 0.250 e. The molecule has 0 bridgehead atoms. The number of carbonyl (C=O) groups excluding carboxylic acids is 2. The molecule has 2 amide bonds. The second-order valence-corrected chi connectivity index (χ2v) is 9.53. The van der Waals surface area contributed by atoms with Gasteiger partial charge in [0.1, 0.15) is 11.1 Å². The van der Waals surface area contributed by atoms with Crippen LogP contribution in [0.2, 0.25) is 0 Å². The van der Waals surface area contributed by atoms with Gasteiger partial charge in [0.2, 0.25) is 5.91 Å². The number of piperidine rings is 1. The third-order valence-corrected chi connectivity index (χ3v) is 7.45. The number of nitrogens with one attached hydrogen (secondary N) is 1. The minimum atomic E-state index is -0.763. The molecule has 2 fully saturated rings. The van der Waals surface area contributed by atoms with Crippen molar-refractivity contribution in [3.8, 4) is 0 Å². The van der Waals surface area contributed by atoms with Crippen molar-refractivity contribution < 1.29 is 14.0 Å². The van der Waals surface area contributed by atoms with E-state index in [-0.39, 0.29) is 17.7 Å². The highest BCUT2D eigenvalue weighted by Crippen LogP contribution is 2.45. The number of likely N-dealkylation sites (tertiary alicyclic amines) is 1. The van der Waals surface area contributed by atoms with Crippen molar-refractivity contribution in [1.82, 2.24) is 9.88 Å². The lowest BCUT2D eigenvalue weighted by Gasteiger charge is -2.45. The largest absolute Gasteiger partial charge is 0.440 e. The molecule has 3 aromatic rings. The van der Waals surface area contributed by atoms with E-state index in [1.165, 1.54) is 0 Å². The number of fused-ring (bicyclic) bond motifs is 2. The van der Waals surface area contributed by atoms with E-state index in [0.29, 0.717) is 19.4 Å². The van der Waals surface area contributed by atoms with E-state index in [1.54, 1.807) is 0 Å². The molecule has 3 aliphatic rings. The van der Waals surface area contributed by atoms with E-state index in [0.717, 1.165) is 67.1 Å². The Kier molecular flexibility index (Phi) is 4.94. The van der Waals surface area contributed by atoms with Crippen molar-refractivity contribution in [2.24, 2.45) is 0 Å². The number of hydrogen-bond donors (Lipinski definition) is 1. The van der Waals surface area contributed by atoms with Crippen molar-refractivity contribution in [3.05, 3.63) is 54.4 Å². The molecule has 6 rings (SSSR count). The van der Waals surface area contributed by atoms with E-state index in [4.69, 9.17) is 9.40 Å². The van der Waals surface area contributed by atoms with Crippen LogP contribution >= 0.6 is 0 Å². The molecule has 1 saturated carbocycles. The van der Waals surface area contributed by atoms with Crippen LogP contribution in [0.4, 0.5) is 11.4 Å². The summed E-state index contributed by atoms with van der Waals surface area (Å²) in [4.78, 5) is 35.7. The fourth-order valence-electron chi connectivity index (χ4n) is 5.86. The molecule has 170 valence electrons. The highest BCUT2D eigenvalue weighted by atomic mass is 16.3. The third kappa shape index (κ3) is 3.42. The predicted molar refractivity (Wildman–Crippen MR) is 126 cm³/mol. The summed E-state index contributed by atoms with van der Waals surface area (Å²) in [5.41, 5.74) is 2.45. The number of rotatable bonds is 3. The number of amides is 2. The van der Waals surface area contributed by atoms with Gasteiger partial charge in [-0.15, -0.1) is 0 Å². The van der Waals surface area contributed by atoms with Crippen LogP contribution in [0.1, 0.15) is 50.3 Å². The highest BCUT2D eigenvalue weighted by molar-refractivity contribution is 6.15. The van der Waals surface area contributed by atoms with Crippen LogP contribution in [0.3, 0.4) is 0 Å². The average molecular weight is 445 g/mol. The molecule has 1 atom stereocenters. The summed E-state index contributed by atoms with van der Waals surface area (Å²) >= 11 is 0. The first-order chi connectivity index (χ1) is 16.1. The smallest absolute Gasteiger partial charge is 0.250 e. The topological polar surface area (TPSA) is 78.7 Å². The van der Waals surface area contributed by atoms with E-state index < -0.39 is 5.54 Å². The molecular formula is C26H28N4O3. The summed E-state index contributed by atoms with van der Waals surface area (Å²) in [6.45, 7) is 1.88. The third-order valence-electron chi connectivity index (χ3n) is 7.45. The zero-order valence-corrected chi connectivity index (χ0v) is 18.6. The maximum atomic E-state index is 13.8. The molecule has 2 aromatic carbocycles. The summed E-state index contributed by atoms with van der Waals surface area (Å²) in [5, 5.41) is 3.06. The van der Waals surface area contributed by atoms with Crippen LogP contribution in [0.5, 0.6) is 0 Å². The Balaban J connectivity index is 1.25. The molecule has 33 heavy (non-hydrogen) atoms. The molecule has 1 unspecified atom stereocenters. The minimum Gasteiger partial charge on any atom is -0.440 e. The second kappa shape index (κ2) is 7.99. The molecule has 1 N–H and O–H groups in total. The quantitative estimate of drug-likeness (QED) is 0.651. The fraction of sp³-hybridized carbons (Fsp3) is 0.423. The molecule has 1 aromatic heterocycles. The Morgan fingerprint density at radius 3 is 2.73 bits per heavy atom. The van der Waals surface area contributed by atoms with Gasteiger partial charge in [-0.2, -0.15) is 0 Å². The average Bonchev–Trinajstić information content (AvgIpc) is 3.48. The zero-order valence-electron chi connectivity index (χ0n) is 18.6. The van der Waals surface area contributed by atoms with Crippen LogP contribution in [0.25, 0.3) is 11.1 Å². The fourth-order valence-corrected chi connectivity index (χ4v) is 5.86. The lowest BCUT2D eigenvalue weighted by molar-refractivity contribution is -0.128. The molecule has 3 heterocycles. The van der Waals surface area contributed by atoms with Crippen LogP contribution in [-0.2, 0) is 9.59 Å². The molecule has 0 radical (unpaired) electrons. The summed E-state index contributed by atoms with van der Waals surface area (Å²) < 4.78 is 6.03. The number of carbonyl (C=O) groups is 2. The van der Waals surface area contributed by atoms with Gasteiger partial charge < -0.3 is 9.73 Å². The number of oxazole rings is 1. The molecule has 1 aliphatic carbocycles. The first kappa shape index (κ1) is 20.4. The van der Waals surface area contributed by atoms with Crippen molar-refractivity contribution >= 4 is 34.3 Å². The number of nitrogens with zero attached hydrogens (tertiary/aromatic N) is 3. The van der Waals surface area contributed by atoms with Gasteiger partial charge in [-0.05, 0) is 56.5 Å². The van der Waals surface area contributed by atoms with Crippen LogP contribution in [0, 0.1) is 0 Å². The molecule has 1 spiro atoms. The Morgan fingerprint density at radius 2 is 1.88 bits per heavy atom. The lowest BCUT2D eigenvalue weighted by atomic mass is 9.89. The van der Waals surface area contributed by atoms with Gasteiger partial charge >= 0.3 is 0 Å². The molecule has 1 saturated heterocycles. The predicted octanol–water partition coefficient (Wildman–Crippen LogP) is 4.31. The van der Waals surface area contributed by atoms with E-state index in [2.05, 4.69) is 10.2 Å². The number of benzene rings is 2. The number of hydrogen-bond acceptors (Lipinski definition) is 5. The first-order valence-electron chi connectivity index (χ1n) is 12.0. The summed E-state index contributed by atoms with van der Waals surface area (Å²) in [6.07, 6.45) is 5.33. The second-order valence-electron chi connectivity index (χ2n) is 9.53. The van der Waals surface area contributed by atoms with E-state index in [1.807, 2.05) is 53.4 Å². The Bertz CT molecular complexity index is 1180. The Hall–Kier alpha value is -3.19. The van der Waals surface area contributed by atoms with Gasteiger partial charge in [0.15, 0.2) is 11.5 Å². The SMILES string of the molecule is O=C(CN1CCCC(c2nc3ccccc3o2)C1)N1c2ccccc2NC(=O)C12CCCC2. The van der Waals surface area contributed by atoms with Gasteiger partial charge in [-0.25, -0.2) is 4.98 Å². The highest BCUT2D eigenvalue weighted by Gasteiger charge is 2.52. The van der Waals surface area contributed by atoms with Crippen molar-refractivity contribution in [1.29, 1.82) is 0 Å². The Labute approximate surface area is 192 Å². The van der Waals surface area contributed by atoms with Crippen molar-refractivity contribution in [3.63, 3.8) is 0 Å². The molecule has 2 aliphatic heterocycles. The molecule has 7 heteroatoms. The molecule has 7 nitrogen and oxygen atoms in total. The molecular weight excluding hydrogens is 416 g/mol. The number of aromatic nitrogens is 1. The standard InChI is InChI=1S/C26H28N4O3/c31-23(30-21-11-3-1-9-19(21)28-25(32)26(30)13-5-6-14-26)17-29-15-7-8-18(16-29)24-27-20-10-2-4-12-22(20)33-24/h1-4,9-12,18H,5-8,13-17H2,(H,28,32). The van der Waals surface area contributed by atoms with E-state index in [9.17, 15) is 9.59 Å². The van der Waals surface area contributed by atoms with Gasteiger partial charge in [0.05, 0.1) is 17.9 Å². The summed E-state index contributed by atoms with van der Waals surface area (Å²) in [5.74, 6) is 0.868. The van der Waals surface area contributed by atoms with Crippen molar-refractivity contribution in [2.75, 3.05) is 29.9 Å². The van der Waals surface area contributed by atoms with Gasteiger partial charge in [0, 0.05) is 12.5 Å². The number of anilines is 2. The number of para-hydroxylation sites is 4. The lowest BCUT2D eigenvalue weighted by Crippen LogP contribution is -2.62. The van der Waals surface area contributed by atoms with Crippen LogP contribution in [-0.4, -0.2) is 46.9 Å². The monoisotopic (exact) mass is 444 g/mol. The van der Waals surface area contributed by atoms with Crippen molar-refractivity contribution in [2.45, 2.75) is 50.0 Å². The maximum absolute atomic E-state index is 13.8. The summed E-state index contributed by atoms with van der Waals surface area (Å²) in [7, 11) is 0. The van der Waals surface area contributed by atoms with E-state index >= 15 is 0 Å². The normalized spacial score (nSPS) is 22.5. The van der Waals surface area contributed by atoms with Gasteiger partial charge in [-0.1, -0.05) is 37.1 Å². The minimum absolute atomic E-state index is 0.00239. The zero-order chi connectivity index (χ0) is 22.4. The van der Waals surface area contributed by atoms with Crippen LogP contribution in [0.15, 0.2) is 52.9 Å². The Morgan fingerprint density at radius 1 is 1.09 bits per heavy atom. The van der Waals surface area contributed by atoms with Gasteiger partial charge in [-0.3, -0.25) is 19.4 Å².